The van der Waals surface area contributed by atoms with Gasteiger partial charge < -0.3 is 5.73 Å². The topological polar surface area (TPSA) is 26.0 Å². The summed E-state index contributed by atoms with van der Waals surface area (Å²) in [6.07, 6.45) is 4.49. The third-order valence-corrected chi connectivity index (χ3v) is 5.12. The highest BCUT2D eigenvalue weighted by molar-refractivity contribution is 5.27. The first-order valence-corrected chi connectivity index (χ1v) is 7.80. The van der Waals surface area contributed by atoms with Gasteiger partial charge in [0.05, 0.1) is 0 Å². The lowest BCUT2D eigenvalue weighted by Gasteiger charge is -2.43. The highest BCUT2D eigenvalue weighted by Crippen LogP contribution is 2.41. The van der Waals surface area contributed by atoms with Gasteiger partial charge in [-0.25, -0.2) is 4.39 Å². The van der Waals surface area contributed by atoms with E-state index in [2.05, 4.69) is 27.7 Å². The fraction of sp³-hybridized carbons (Fsp3) is 0.667. The third-order valence-electron chi connectivity index (χ3n) is 5.12. The molecule has 2 rings (SSSR count). The van der Waals surface area contributed by atoms with Gasteiger partial charge in [-0.3, -0.25) is 0 Å². The summed E-state index contributed by atoms with van der Waals surface area (Å²) in [6, 6.07) is 5.39. The second-order valence-electron chi connectivity index (χ2n) is 7.42. The molecule has 0 aromatic heterocycles. The van der Waals surface area contributed by atoms with Crippen LogP contribution in [0.1, 0.15) is 51.2 Å². The Hall–Kier alpha value is -0.890. The molecular formula is C18H28FN. The lowest BCUT2D eigenvalue weighted by molar-refractivity contribution is 0.113. The second kappa shape index (κ2) is 5.85. The van der Waals surface area contributed by atoms with Crippen molar-refractivity contribution in [2.24, 2.45) is 23.0 Å². The van der Waals surface area contributed by atoms with Gasteiger partial charge >= 0.3 is 0 Å². The molecule has 0 bridgehead atoms. The van der Waals surface area contributed by atoms with Crippen LogP contribution in [-0.4, -0.2) is 6.04 Å². The Morgan fingerprint density at radius 1 is 1.30 bits per heavy atom. The summed E-state index contributed by atoms with van der Waals surface area (Å²) in [4.78, 5) is 0. The van der Waals surface area contributed by atoms with Gasteiger partial charge in [-0.1, -0.05) is 33.3 Å². The smallest absolute Gasteiger partial charge is 0.123 e. The van der Waals surface area contributed by atoms with E-state index >= 15 is 0 Å². The van der Waals surface area contributed by atoms with Crippen molar-refractivity contribution < 1.29 is 4.39 Å². The maximum Gasteiger partial charge on any atom is 0.123 e. The SMILES string of the molecule is Cc1ccc(F)cc1CC(C)(C)C1CCC(C)CC1N. The first-order valence-electron chi connectivity index (χ1n) is 7.80. The molecule has 1 aromatic carbocycles. The van der Waals surface area contributed by atoms with Crippen LogP contribution in [0, 0.1) is 30.0 Å². The van der Waals surface area contributed by atoms with Crippen LogP contribution in [0.5, 0.6) is 0 Å². The molecule has 0 radical (unpaired) electrons. The first kappa shape index (κ1) is 15.5. The van der Waals surface area contributed by atoms with E-state index in [1.807, 2.05) is 6.07 Å². The molecule has 3 unspecified atom stereocenters. The zero-order valence-corrected chi connectivity index (χ0v) is 13.2. The van der Waals surface area contributed by atoms with Crippen molar-refractivity contribution >= 4 is 0 Å². The van der Waals surface area contributed by atoms with Crippen LogP contribution in [-0.2, 0) is 6.42 Å². The van der Waals surface area contributed by atoms with Crippen LogP contribution >= 0.6 is 0 Å². The Balaban J connectivity index is 2.16. The minimum atomic E-state index is -0.136. The number of hydrogen-bond acceptors (Lipinski definition) is 1. The van der Waals surface area contributed by atoms with Crippen LogP contribution < -0.4 is 5.73 Å². The van der Waals surface area contributed by atoms with Gasteiger partial charge in [0.25, 0.3) is 0 Å². The zero-order valence-electron chi connectivity index (χ0n) is 13.2. The molecule has 0 spiro atoms. The molecule has 0 saturated heterocycles. The molecule has 20 heavy (non-hydrogen) atoms. The Kier molecular flexibility index (Phi) is 4.53. The highest BCUT2D eigenvalue weighted by atomic mass is 19.1. The number of nitrogens with two attached hydrogens (primary N) is 1. The molecule has 0 amide bonds. The van der Waals surface area contributed by atoms with Crippen LogP contribution in [0.15, 0.2) is 18.2 Å². The molecule has 112 valence electrons. The van der Waals surface area contributed by atoms with Gasteiger partial charge in [0.15, 0.2) is 0 Å². The van der Waals surface area contributed by atoms with Crippen molar-refractivity contribution in [3.05, 3.63) is 35.1 Å². The lowest BCUT2D eigenvalue weighted by Crippen LogP contribution is -2.44. The van der Waals surface area contributed by atoms with Crippen molar-refractivity contribution in [2.45, 2.75) is 59.4 Å². The van der Waals surface area contributed by atoms with Crippen LogP contribution in [0.2, 0.25) is 0 Å². The van der Waals surface area contributed by atoms with E-state index in [9.17, 15) is 4.39 Å². The molecule has 2 heteroatoms. The van der Waals surface area contributed by atoms with Crippen molar-refractivity contribution in [1.82, 2.24) is 0 Å². The maximum atomic E-state index is 13.5. The first-order chi connectivity index (χ1) is 9.29. The fourth-order valence-electron chi connectivity index (χ4n) is 3.85. The van der Waals surface area contributed by atoms with Crippen molar-refractivity contribution in [3.8, 4) is 0 Å². The summed E-state index contributed by atoms with van der Waals surface area (Å²) >= 11 is 0. The number of halogens is 1. The molecule has 1 aromatic rings. The van der Waals surface area contributed by atoms with Gasteiger partial charge in [0.2, 0.25) is 0 Å². The second-order valence-corrected chi connectivity index (χ2v) is 7.42. The molecule has 1 aliphatic carbocycles. The van der Waals surface area contributed by atoms with Crippen LogP contribution in [0.4, 0.5) is 4.39 Å². The van der Waals surface area contributed by atoms with E-state index in [0.29, 0.717) is 5.92 Å². The summed E-state index contributed by atoms with van der Waals surface area (Å²) < 4.78 is 13.5. The number of benzene rings is 1. The minimum Gasteiger partial charge on any atom is -0.327 e. The Morgan fingerprint density at radius 3 is 2.65 bits per heavy atom. The van der Waals surface area contributed by atoms with E-state index in [4.69, 9.17) is 5.73 Å². The van der Waals surface area contributed by atoms with E-state index in [0.717, 1.165) is 24.3 Å². The third kappa shape index (κ3) is 3.41. The van der Waals surface area contributed by atoms with Crippen molar-refractivity contribution in [3.63, 3.8) is 0 Å². The van der Waals surface area contributed by atoms with Gasteiger partial charge in [-0.15, -0.1) is 0 Å². The maximum absolute atomic E-state index is 13.5. The fourth-order valence-corrected chi connectivity index (χ4v) is 3.85. The predicted molar refractivity (Wildman–Crippen MR) is 83.1 cm³/mol. The quantitative estimate of drug-likeness (QED) is 0.867. The van der Waals surface area contributed by atoms with Gasteiger partial charge in [-0.05, 0) is 66.7 Å². The molecule has 1 nitrogen and oxygen atoms in total. The Labute approximate surface area is 122 Å². The number of hydrogen-bond donors (Lipinski definition) is 1. The van der Waals surface area contributed by atoms with E-state index in [-0.39, 0.29) is 17.3 Å². The zero-order chi connectivity index (χ0) is 14.9. The molecule has 1 aliphatic rings. The highest BCUT2D eigenvalue weighted by Gasteiger charge is 2.37. The summed E-state index contributed by atoms with van der Waals surface area (Å²) in [5, 5.41) is 0. The van der Waals surface area contributed by atoms with E-state index < -0.39 is 0 Å². The van der Waals surface area contributed by atoms with Gasteiger partial charge in [0.1, 0.15) is 5.82 Å². The molecule has 2 N–H and O–H groups in total. The normalized spacial score (nSPS) is 27.6. The van der Waals surface area contributed by atoms with Crippen molar-refractivity contribution in [1.29, 1.82) is 0 Å². The standard InChI is InChI=1S/C18H28FN/c1-12-5-8-16(17(20)9-12)18(3,4)11-14-10-15(19)7-6-13(14)2/h6-7,10,12,16-17H,5,8-9,11,20H2,1-4H3. The van der Waals surface area contributed by atoms with Crippen LogP contribution in [0.3, 0.4) is 0 Å². The number of aryl methyl sites for hydroxylation is 1. The predicted octanol–water partition coefficient (Wildman–Crippen LogP) is 4.47. The molecular weight excluding hydrogens is 249 g/mol. The Bertz CT molecular complexity index is 466. The summed E-state index contributed by atoms with van der Waals surface area (Å²) in [5.41, 5.74) is 8.83. The Morgan fingerprint density at radius 2 is 2.00 bits per heavy atom. The molecule has 3 atom stereocenters. The molecule has 1 fully saturated rings. The van der Waals surface area contributed by atoms with Gasteiger partial charge in [-0.2, -0.15) is 0 Å². The average Bonchev–Trinajstić information content (AvgIpc) is 2.33. The van der Waals surface area contributed by atoms with Gasteiger partial charge in [0, 0.05) is 6.04 Å². The van der Waals surface area contributed by atoms with E-state index in [1.54, 1.807) is 12.1 Å². The lowest BCUT2D eigenvalue weighted by atomic mass is 9.64. The largest absolute Gasteiger partial charge is 0.327 e. The summed E-state index contributed by atoms with van der Waals surface area (Å²) in [7, 11) is 0. The molecule has 1 saturated carbocycles. The molecule has 0 heterocycles. The number of rotatable bonds is 3. The summed E-state index contributed by atoms with van der Waals surface area (Å²) in [6.45, 7) is 8.93. The minimum absolute atomic E-state index is 0.123. The van der Waals surface area contributed by atoms with Crippen molar-refractivity contribution in [2.75, 3.05) is 0 Å². The van der Waals surface area contributed by atoms with Crippen LogP contribution in [0.25, 0.3) is 0 Å². The summed E-state index contributed by atoms with van der Waals surface area (Å²) in [5.74, 6) is 1.14. The molecule has 0 aliphatic heterocycles. The monoisotopic (exact) mass is 277 g/mol. The van der Waals surface area contributed by atoms with E-state index in [1.165, 1.54) is 18.4 Å². The average molecular weight is 277 g/mol.